The van der Waals surface area contributed by atoms with Crippen molar-refractivity contribution in [1.82, 2.24) is 0 Å². The van der Waals surface area contributed by atoms with Gasteiger partial charge >= 0.3 is 0 Å². The van der Waals surface area contributed by atoms with Crippen LogP contribution in [0.4, 0.5) is 17.1 Å². The molecule has 2 heteroatoms. The summed E-state index contributed by atoms with van der Waals surface area (Å²) in [6.07, 6.45) is 0. The molecule has 0 aliphatic heterocycles. The second kappa shape index (κ2) is 13.9. The van der Waals surface area contributed by atoms with Crippen LogP contribution in [0.15, 0.2) is 229 Å². The fourth-order valence-electron chi connectivity index (χ4n) is 9.32. The smallest absolute Gasteiger partial charge is 0.143 e. The molecule has 12 rings (SSSR count). The van der Waals surface area contributed by atoms with Crippen molar-refractivity contribution in [3.8, 4) is 33.4 Å². The number of furan rings is 1. The van der Waals surface area contributed by atoms with Gasteiger partial charge in [0.2, 0.25) is 0 Å². The van der Waals surface area contributed by atoms with Gasteiger partial charge in [0.15, 0.2) is 0 Å². The normalized spacial score (nSPS) is 11.7. The Morgan fingerprint density at radius 2 is 0.733 bits per heavy atom. The van der Waals surface area contributed by atoms with E-state index in [0.29, 0.717) is 0 Å². The van der Waals surface area contributed by atoms with E-state index < -0.39 is 0 Å². The molecule has 11 aromatic carbocycles. The highest BCUT2D eigenvalue weighted by Gasteiger charge is 2.20. The van der Waals surface area contributed by atoms with E-state index in [1.807, 2.05) is 0 Å². The Morgan fingerprint density at radius 1 is 0.267 bits per heavy atom. The van der Waals surface area contributed by atoms with Crippen molar-refractivity contribution in [2.24, 2.45) is 0 Å². The van der Waals surface area contributed by atoms with Gasteiger partial charge in [0, 0.05) is 38.7 Å². The molecule has 280 valence electrons. The van der Waals surface area contributed by atoms with Gasteiger partial charge in [0.1, 0.15) is 11.2 Å². The number of nitrogens with zero attached hydrogens (tertiary/aromatic N) is 1. The van der Waals surface area contributed by atoms with E-state index >= 15 is 0 Å². The highest BCUT2D eigenvalue weighted by Crippen LogP contribution is 2.44. The monoisotopic (exact) mass is 763 g/mol. The molecule has 0 amide bonds. The van der Waals surface area contributed by atoms with Gasteiger partial charge in [-0.25, -0.2) is 0 Å². The topological polar surface area (TPSA) is 16.4 Å². The van der Waals surface area contributed by atoms with Crippen molar-refractivity contribution in [2.75, 3.05) is 4.90 Å². The predicted octanol–water partition coefficient (Wildman–Crippen LogP) is 16.7. The summed E-state index contributed by atoms with van der Waals surface area (Å²) in [5.74, 6) is 0. The maximum atomic E-state index is 6.81. The summed E-state index contributed by atoms with van der Waals surface area (Å²) < 4.78 is 6.81. The third-order valence-electron chi connectivity index (χ3n) is 12.2. The van der Waals surface area contributed by atoms with Gasteiger partial charge in [-0.05, 0) is 96.4 Å². The van der Waals surface area contributed by atoms with Gasteiger partial charge in [-0.3, -0.25) is 0 Å². The Balaban J connectivity index is 0.983. The van der Waals surface area contributed by atoms with Crippen LogP contribution in [0.25, 0.3) is 98.4 Å². The fourth-order valence-corrected chi connectivity index (χ4v) is 9.32. The van der Waals surface area contributed by atoms with Crippen LogP contribution in [0.3, 0.4) is 0 Å². The number of rotatable bonds is 6. The first-order valence-electron chi connectivity index (χ1n) is 20.6. The minimum Gasteiger partial charge on any atom is -0.455 e. The molecule has 0 saturated heterocycles. The van der Waals surface area contributed by atoms with Gasteiger partial charge < -0.3 is 9.32 Å². The molecule has 2 nitrogen and oxygen atoms in total. The van der Waals surface area contributed by atoms with Crippen molar-refractivity contribution < 1.29 is 4.42 Å². The first kappa shape index (κ1) is 34.1. The summed E-state index contributed by atoms with van der Waals surface area (Å²) in [4.78, 5) is 2.41. The number of fused-ring (bicyclic) bond motifs is 9. The zero-order valence-electron chi connectivity index (χ0n) is 32.7. The van der Waals surface area contributed by atoms with E-state index in [1.54, 1.807) is 0 Å². The summed E-state index contributed by atoms with van der Waals surface area (Å²) in [6.45, 7) is 0. The molecule has 1 heterocycles. The maximum absolute atomic E-state index is 6.81. The van der Waals surface area contributed by atoms with Gasteiger partial charge in [0.05, 0.1) is 5.69 Å². The lowest BCUT2D eigenvalue weighted by Crippen LogP contribution is -2.10. The fraction of sp³-hybridized carbons (Fsp3) is 0. The molecule has 1 aromatic heterocycles. The summed E-state index contributed by atoms with van der Waals surface area (Å²) in [5, 5.41) is 12.2. The first-order valence-corrected chi connectivity index (χ1v) is 20.6. The van der Waals surface area contributed by atoms with Crippen LogP contribution < -0.4 is 4.90 Å². The first-order chi connectivity index (χ1) is 29.7. The summed E-state index contributed by atoms with van der Waals surface area (Å²) >= 11 is 0. The third-order valence-corrected chi connectivity index (χ3v) is 12.2. The molecular weight excluding hydrogens is 727 g/mol. The van der Waals surface area contributed by atoms with E-state index in [9.17, 15) is 0 Å². The van der Waals surface area contributed by atoms with Crippen LogP contribution in [0.1, 0.15) is 0 Å². The highest BCUT2D eigenvalue weighted by molar-refractivity contribution is 6.15. The molecule has 0 atom stereocenters. The van der Waals surface area contributed by atoms with Crippen molar-refractivity contribution in [3.63, 3.8) is 0 Å². The van der Waals surface area contributed by atoms with Crippen LogP contribution in [0.5, 0.6) is 0 Å². The average molecular weight is 764 g/mol. The quantitative estimate of drug-likeness (QED) is 0.157. The molecular formula is C58H37NO. The standard InChI is InChI=1S/C58H37NO/c1-2-12-39(13-3-1)50-20-10-22-54-55-23-11-21-51(58(55)60-57(50)54)41-28-33-46(34-29-41)59(56-37-43-15-5-7-17-48(43)52-18-8-9-19-53(52)56)45-31-26-38(27-32-45)42-30-35-49-44(36-42)25-24-40-14-4-6-16-47(40)49/h1-37H. The minimum absolute atomic E-state index is 0.901. The van der Waals surface area contributed by atoms with Gasteiger partial charge in [-0.1, -0.05) is 188 Å². The van der Waals surface area contributed by atoms with E-state index in [4.69, 9.17) is 4.42 Å². The number of hydrogen-bond donors (Lipinski definition) is 0. The van der Waals surface area contributed by atoms with Crippen LogP contribution >= 0.6 is 0 Å². The van der Waals surface area contributed by atoms with Gasteiger partial charge in [0.25, 0.3) is 0 Å². The average Bonchev–Trinajstić information content (AvgIpc) is 3.72. The number of hydrogen-bond acceptors (Lipinski definition) is 2. The Morgan fingerprint density at radius 3 is 1.42 bits per heavy atom. The lowest BCUT2D eigenvalue weighted by molar-refractivity contribution is 0.671. The Kier molecular flexibility index (Phi) is 7.89. The van der Waals surface area contributed by atoms with Crippen molar-refractivity contribution in [1.29, 1.82) is 0 Å². The molecule has 0 bridgehead atoms. The molecule has 0 spiro atoms. The van der Waals surface area contributed by atoms with E-state index in [2.05, 4.69) is 229 Å². The van der Waals surface area contributed by atoms with Crippen LogP contribution in [-0.4, -0.2) is 0 Å². The zero-order valence-corrected chi connectivity index (χ0v) is 32.7. The molecule has 12 aromatic rings. The molecule has 0 unspecified atom stereocenters. The SMILES string of the molecule is c1ccc(-c2cccc3c2oc2c(-c4ccc(N(c5ccc(-c6ccc7c(ccc8ccccc87)c6)cc5)c5cc6ccccc6c6ccccc56)cc4)cccc23)cc1. The molecule has 60 heavy (non-hydrogen) atoms. The van der Waals surface area contributed by atoms with E-state index in [-0.39, 0.29) is 0 Å². The zero-order chi connectivity index (χ0) is 39.6. The molecule has 0 saturated carbocycles. The lowest BCUT2D eigenvalue weighted by atomic mass is 9.97. The largest absolute Gasteiger partial charge is 0.455 e. The third kappa shape index (κ3) is 5.57. The second-order valence-electron chi connectivity index (χ2n) is 15.6. The summed E-state index contributed by atoms with van der Waals surface area (Å²) in [6, 6.07) is 81.1. The number of para-hydroxylation sites is 2. The lowest BCUT2D eigenvalue weighted by Gasteiger charge is -2.28. The van der Waals surface area contributed by atoms with E-state index in [1.165, 1.54) is 54.2 Å². The summed E-state index contributed by atoms with van der Waals surface area (Å²) in [5.41, 5.74) is 11.9. The van der Waals surface area contributed by atoms with Gasteiger partial charge in [-0.2, -0.15) is 0 Å². The van der Waals surface area contributed by atoms with Crippen molar-refractivity contribution >= 4 is 82.1 Å². The van der Waals surface area contributed by atoms with Crippen LogP contribution in [0, 0.1) is 0 Å². The maximum Gasteiger partial charge on any atom is 0.143 e. The second-order valence-corrected chi connectivity index (χ2v) is 15.6. The number of anilines is 3. The Labute approximate surface area is 347 Å². The molecule has 0 fully saturated rings. The highest BCUT2D eigenvalue weighted by atomic mass is 16.3. The molecule has 0 aliphatic carbocycles. The Bertz CT molecular complexity index is 3580. The van der Waals surface area contributed by atoms with Crippen molar-refractivity contribution in [2.45, 2.75) is 0 Å². The molecule has 0 N–H and O–H groups in total. The van der Waals surface area contributed by atoms with E-state index in [0.717, 1.165) is 61.3 Å². The van der Waals surface area contributed by atoms with Crippen molar-refractivity contribution in [3.05, 3.63) is 224 Å². The Hall–Kier alpha value is -7.94. The predicted molar refractivity (Wildman–Crippen MR) is 255 cm³/mol. The van der Waals surface area contributed by atoms with Crippen LogP contribution in [0.2, 0.25) is 0 Å². The number of benzene rings is 11. The van der Waals surface area contributed by atoms with Crippen LogP contribution in [-0.2, 0) is 0 Å². The molecule has 0 radical (unpaired) electrons. The molecule has 0 aliphatic rings. The van der Waals surface area contributed by atoms with Gasteiger partial charge in [-0.15, -0.1) is 0 Å². The minimum atomic E-state index is 0.901. The summed E-state index contributed by atoms with van der Waals surface area (Å²) in [7, 11) is 0.